The Kier molecular flexibility index (Phi) is 8.82. The molecule has 0 N–H and O–H groups in total. The van der Waals surface area contributed by atoms with E-state index in [0.29, 0.717) is 23.1 Å². The number of ether oxygens (including phenoxy) is 1. The zero-order chi connectivity index (χ0) is 25.0. The third kappa shape index (κ3) is 6.02. The number of benzene rings is 2. The van der Waals surface area contributed by atoms with Crippen molar-refractivity contribution >= 4 is 27.6 Å². The Bertz CT molecular complexity index is 1090. The smallest absolute Gasteiger partial charge is 0.308 e. The predicted molar refractivity (Wildman–Crippen MR) is 137 cm³/mol. The fraction of sp³-hybridized carbons (Fsp3) is 0.519. The molecule has 3 rings (SSSR count). The van der Waals surface area contributed by atoms with Gasteiger partial charge in [-0.2, -0.15) is 4.31 Å². The number of aryl methyl sites for hydroxylation is 2. The number of carbonyl (C=O) groups excluding carboxylic acids is 1. The van der Waals surface area contributed by atoms with Gasteiger partial charge >= 0.3 is 5.97 Å². The number of hydrogen-bond donors (Lipinski definition) is 0. The molecular formula is C27H36ClNO4S. The lowest BCUT2D eigenvalue weighted by molar-refractivity contribution is -0.149. The van der Waals surface area contributed by atoms with Crippen molar-refractivity contribution in [3.05, 3.63) is 63.2 Å². The Morgan fingerprint density at radius 3 is 2.09 bits per heavy atom. The van der Waals surface area contributed by atoms with Crippen LogP contribution in [0.1, 0.15) is 60.4 Å². The van der Waals surface area contributed by atoms with Crippen molar-refractivity contribution in [1.82, 2.24) is 4.31 Å². The van der Waals surface area contributed by atoms with Gasteiger partial charge in [0.05, 0.1) is 17.4 Å². The van der Waals surface area contributed by atoms with E-state index in [1.165, 1.54) is 0 Å². The molecule has 1 fully saturated rings. The van der Waals surface area contributed by atoms with E-state index >= 15 is 0 Å². The Morgan fingerprint density at radius 2 is 1.56 bits per heavy atom. The molecule has 1 saturated carbocycles. The normalized spacial score (nSPS) is 18.8. The fourth-order valence-corrected chi connectivity index (χ4v) is 7.07. The van der Waals surface area contributed by atoms with Gasteiger partial charge in [-0.25, -0.2) is 8.42 Å². The molecule has 0 aliphatic heterocycles. The molecule has 0 saturated heterocycles. The largest absolute Gasteiger partial charge is 0.466 e. The van der Waals surface area contributed by atoms with E-state index in [9.17, 15) is 13.2 Å². The lowest BCUT2D eigenvalue weighted by atomic mass is 9.82. The summed E-state index contributed by atoms with van der Waals surface area (Å²) in [6, 6.07) is 9.39. The van der Waals surface area contributed by atoms with Crippen LogP contribution >= 0.6 is 11.6 Å². The quantitative estimate of drug-likeness (QED) is 0.404. The summed E-state index contributed by atoms with van der Waals surface area (Å²) in [6.45, 7) is 10.6. The van der Waals surface area contributed by atoms with E-state index in [0.717, 1.165) is 53.5 Å². The third-order valence-electron chi connectivity index (χ3n) is 7.10. The van der Waals surface area contributed by atoms with Crippen molar-refractivity contribution in [1.29, 1.82) is 0 Å². The number of carbonyl (C=O) groups is 1. The van der Waals surface area contributed by atoms with Gasteiger partial charge in [0.25, 0.3) is 0 Å². The summed E-state index contributed by atoms with van der Waals surface area (Å²) in [7, 11) is -3.74. The van der Waals surface area contributed by atoms with Crippen molar-refractivity contribution < 1.29 is 17.9 Å². The SMILES string of the molecule is CCOC(=O)C1CCC(CN(Cc2ccc(Cl)cc2)S(=O)(=O)c2c(C)c(C)cc(C)c2C)CC1. The highest BCUT2D eigenvalue weighted by Crippen LogP contribution is 2.34. The van der Waals surface area contributed by atoms with Gasteiger partial charge in [-0.3, -0.25) is 4.79 Å². The first-order valence-electron chi connectivity index (χ1n) is 12.0. The van der Waals surface area contributed by atoms with Crippen molar-refractivity contribution in [2.45, 2.75) is 71.7 Å². The Morgan fingerprint density at radius 1 is 1.00 bits per heavy atom. The van der Waals surface area contributed by atoms with Gasteiger partial charge in [0.2, 0.25) is 10.0 Å². The van der Waals surface area contributed by atoms with E-state index in [1.807, 2.05) is 52.8 Å². The van der Waals surface area contributed by atoms with Crippen molar-refractivity contribution in [2.24, 2.45) is 11.8 Å². The van der Waals surface area contributed by atoms with Crippen LogP contribution in [0, 0.1) is 39.5 Å². The lowest BCUT2D eigenvalue weighted by Crippen LogP contribution is -2.37. The molecule has 1 aliphatic carbocycles. The number of hydrogen-bond acceptors (Lipinski definition) is 4. The number of nitrogens with zero attached hydrogens (tertiary/aromatic N) is 1. The summed E-state index contributed by atoms with van der Waals surface area (Å²) in [4.78, 5) is 12.6. The van der Waals surface area contributed by atoms with E-state index in [-0.39, 0.29) is 24.3 Å². The molecule has 0 radical (unpaired) electrons. The second kappa shape index (κ2) is 11.2. The van der Waals surface area contributed by atoms with E-state index in [4.69, 9.17) is 16.3 Å². The topological polar surface area (TPSA) is 63.7 Å². The highest BCUT2D eigenvalue weighted by atomic mass is 35.5. The number of sulfonamides is 1. The van der Waals surface area contributed by atoms with Crippen LogP contribution < -0.4 is 0 Å². The predicted octanol–water partition coefficient (Wildman–Crippen LogP) is 6.13. The van der Waals surface area contributed by atoms with Crippen LogP contribution in [0.2, 0.25) is 5.02 Å². The van der Waals surface area contributed by atoms with Gasteiger partial charge in [0.15, 0.2) is 0 Å². The average molecular weight is 506 g/mol. The Labute approximate surface area is 209 Å². The molecule has 186 valence electrons. The molecule has 0 unspecified atom stereocenters. The highest BCUT2D eigenvalue weighted by molar-refractivity contribution is 7.89. The lowest BCUT2D eigenvalue weighted by Gasteiger charge is -2.32. The summed E-state index contributed by atoms with van der Waals surface area (Å²) in [6.07, 6.45) is 3.09. The Hall–Kier alpha value is -1.89. The van der Waals surface area contributed by atoms with E-state index < -0.39 is 10.0 Å². The first kappa shape index (κ1) is 26.7. The third-order valence-corrected chi connectivity index (χ3v) is 9.43. The molecule has 7 heteroatoms. The first-order chi connectivity index (χ1) is 16.0. The van der Waals surface area contributed by atoms with Crippen LogP contribution in [0.25, 0.3) is 0 Å². The van der Waals surface area contributed by atoms with Crippen LogP contribution in [0.5, 0.6) is 0 Å². The molecule has 0 atom stereocenters. The molecule has 0 bridgehead atoms. The van der Waals surface area contributed by atoms with E-state index in [1.54, 1.807) is 16.4 Å². The second-order valence-electron chi connectivity index (χ2n) is 9.48. The van der Waals surface area contributed by atoms with Gasteiger partial charge < -0.3 is 4.74 Å². The maximum Gasteiger partial charge on any atom is 0.308 e. The van der Waals surface area contributed by atoms with Gasteiger partial charge in [0.1, 0.15) is 0 Å². The summed E-state index contributed by atoms with van der Waals surface area (Å²) in [5.74, 6) is -0.0196. The number of rotatable bonds is 8. The minimum absolute atomic E-state index is 0.0820. The van der Waals surface area contributed by atoms with Gasteiger partial charge in [-0.1, -0.05) is 29.8 Å². The number of esters is 1. The van der Waals surface area contributed by atoms with Crippen LogP contribution in [0.4, 0.5) is 0 Å². The molecule has 2 aromatic rings. The molecule has 5 nitrogen and oxygen atoms in total. The van der Waals surface area contributed by atoms with Crippen LogP contribution in [0.15, 0.2) is 35.2 Å². The van der Waals surface area contributed by atoms with Crippen LogP contribution in [-0.2, 0) is 26.1 Å². The highest BCUT2D eigenvalue weighted by Gasteiger charge is 2.34. The molecule has 2 aromatic carbocycles. The van der Waals surface area contributed by atoms with Crippen molar-refractivity contribution in [3.63, 3.8) is 0 Å². The molecule has 0 heterocycles. The zero-order valence-electron chi connectivity index (χ0n) is 20.9. The minimum Gasteiger partial charge on any atom is -0.466 e. The maximum atomic E-state index is 14.1. The van der Waals surface area contributed by atoms with Crippen molar-refractivity contribution in [2.75, 3.05) is 13.2 Å². The monoisotopic (exact) mass is 505 g/mol. The standard InChI is InChI=1S/C27H36ClNO4S/c1-6-33-27(30)24-11-7-22(8-12-24)16-29(17-23-9-13-25(28)14-10-23)34(31,32)26-20(4)18(2)15-19(3)21(26)5/h9-10,13-15,22,24H,6-8,11-12,16-17H2,1-5H3. The van der Waals surface area contributed by atoms with E-state index in [2.05, 4.69) is 0 Å². The zero-order valence-corrected chi connectivity index (χ0v) is 22.4. The molecule has 0 aromatic heterocycles. The number of halogens is 1. The van der Waals surface area contributed by atoms with Crippen LogP contribution in [-0.4, -0.2) is 31.8 Å². The van der Waals surface area contributed by atoms with Gasteiger partial charge in [-0.15, -0.1) is 0 Å². The second-order valence-corrected chi connectivity index (χ2v) is 11.8. The molecule has 34 heavy (non-hydrogen) atoms. The van der Waals surface area contributed by atoms with Crippen LogP contribution in [0.3, 0.4) is 0 Å². The summed E-state index contributed by atoms with van der Waals surface area (Å²) >= 11 is 6.06. The molecule has 0 spiro atoms. The van der Waals surface area contributed by atoms with Gasteiger partial charge in [-0.05, 0) is 106 Å². The molecule has 0 amide bonds. The summed E-state index contributed by atoms with van der Waals surface area (Å²) in [5, 5.41) is 0.622. The fourth-order valence-electron chi connectivity index (χ4n) is 4.87. The van der Waals surface area contributed by atoms with Gasteiger partial charge in [0, 0.05) is 18.1 Å². The summed E-state index contributed by atoms with van der Waals surface area (Å²) in [5.41, 5.74) is 4.45. The maximum absolute atomic E-state index is 14.1. The average Bonchev–Trinajstić information content (AvgIpc) is 2.79. The van der Waals surface area contributed by atoms with Crippen molar-refractivity contribution in [3.8, 4) is 0 Å². The first-order valence-corrected chi connectivity index (χ1v) is 13.8. The summed E-state index contributed by atoms with van der Waals surface area (Å²) < 4.78 is 35.0. The molecule has 1 aliphatic rings. The minimum atomic E-state index is -3.74. The molecular weight excluding hydrogens is 470 g/mol. The Balaban J connectivity index is 1.91.